The van der Waals surface area contributed by atoms with Crippen molar-refractivity contribution in [3.8, 4) is 5.88 Å². The lowest BCUT2D eigenvalue weighted by Crippen LogP contribution is -2.32. The molecule has 0 aliphatic heterocycles. The van der Waals surface area contributed by atoms with Gasteiger partial charge in [0.25, 0.3) is 16.1 Å². The molecule has 30 heavy (non-hydrogen) atoms. The van der Waals surface area contributed by atoms with Gasteiger partial charge in [0.15, 0.2) is 0 Å². The van der Waals surface area contributed by atoms with Crippen LogP contribution in [0.5, 0.6) is 5.88 Å². The summed E-state index contributed by atoms with van der Waals surface area (Å²) in [5, 5.41) is 0.428. The number of rotatable bonds is 8. The highest BCUT2D eigenvalue weighted by Crippen LogP contribution is 2.40. The minimum atomic E-state index is -4.79. The van der Waals surface area contributed by atoms with Crippen molar-refractivity contribution >= 4 is 38.4 Å². The van der Waals surface area contributed by atoms with Gasteiger partial charge in [-0.25, -0.2) is 15.0 Å². The first-order valence-corrected chi connectivity index (χ1v) is 11.1. The number of para-hydroxylation sites is 2. The third kappa shape index (κ3) is 5.34. The van der Waals surface area contributed by atoms with Gasteiger partial charge in [0, 0.05) is 12.7 Å². The van der Waals surface area contributed by atoms with Gasteiger partial charge in [-0.2, -0.15) is 26.3 Å². The number of nitrogens with one attached hydrogen (secondary N) is 2. The summed E-state index contributed by atoms with van der Waals surface area (Å²) >= 11 is 0.820. The zero-order valence-corrected chi connectivity index (χ0v) is 17.5. The van der Waals surface area contributed by atoms with Crippen molar-refractivity contribution in [1.82, 2.24) is 19.7 Å². The number of aryl methyl sites for hydroxylation is 1. The number of aromatic nitrogens is 3. The average Bonchev–Trinajstić information content (AvgIpc) is 3.09. The average molecular weight is 461 g/mol. The first-order valence-electron chi connectivity index (χ1n) is 8.79. The molecule has 2 heterocycles. The van der Waals surface area contributed by atoms with E-state index < -0.39 is 34.2 Å². The lowest BCUT2D eigenvalue weighted by atomic mass is 10.3. The highest BCUT2D eigenvalue weighted by atomic mass is 32.2. The van der Waals surface area contributed by atoms with E-state index in [1.807, 2.05) is 0 Å². The summed E-state index contributed by atoms with van der Waals surface area (Å²) in [5.41, 5.74) is 0.536. The van der Waals surface area contributed by atoms with E-state index in [2.05, 4.69) is 24.4 Å². The van der Waals surface area contributed by atoms with Crippen LogP contribution in [-0.4, -0.2) is 36.1 Å². The Balaban J connectivity index is 2.05. The van der Waals surface area contributed by atoms with Gasteiger partial charge < -0.3 is 4.74 Å². The molecule has 2 N–H and O–H groups in total. The second-order valence-corrected chi connectivity index (χ2v) is 8.95. The molecule has 0 bridgehead atoms. The van der Waals surface area contributed by atoms with Crippen molar-refractivity contribution in [2.24, 2.45) is 0 Å². The van der Waals surface area contributed by atoms with E-state index in [1.165, 1.54) is 6.07 Å². The molecule has 1 atom stereocenters. The highest BCUT2D eigenvalue weighted by molar-refractivity contribution is 7.90. The Bertz CT molecular complexity index is 1140. The molecule has 2 aromatic heterocycles. The minimum Gasteiger partial charge on any atom is -0.456 e. The Morgan fingerprint density at radius 1 is 1.20 bits per heavy atom. The van der Waals surface area contributed by atoms with Crippen LogP contribution in [0.15, 0.2) is 30.5 Å². The number of hydrogen-bond donors (Lipinski definition) is 2. The standard InChI is InChI=1S/C17H18F3N5O3S2/c1-3-8-22-30(26,27)25-15-16(24-12-7-5-4-6-11(12)23-15)28-14(17(18,19)20)13-9-21-10(2)29-13/h4-7,9,14,22H,3,8H2,1-2H3,(H,23,25)/t14-/m1/s1. The van der Waals surface area contributed by atoms with E-state index in [4.69, 9.17) is 4.74 Å². The molecular formula is C17H18F3N5O3S2. The molecule has 3 aromatic rings. The van der Waals surface area contributed by atoms with Crippen LogP contribution < -0.4 is 14.2 Å². The molecule has 0 radical (unpaired) electrons. The number of alkyl halides is 3. The molecule has 1 aromatic carbocycles. The number of ether oxygens (including phenoxy) is 1. The highest BCUT2D eigenvalue weighted by Gasteiger charge is 2.45. The minimum absolute atomic E-state index is 0.137. The number of thiazole rings is 1. The van der Waals surface area contributed by atoms with Crippen LogP contribution in [-0.2, 0) is 10.2 Å². The quantitative estimate of drug-likeness (QED) is 0.530. The molecule has 0 saturated carbocycles. The zero-order valence-electron chi connectivity index (χ0n) is 15.9. The van der Waals surface area contributed by atoms with Crippen molar-refractivity contribution < 1.29 is 26.3 Å². The monoisotopic (exact) mass is 461 g/mol. The van der Waals surface area contributed by atoms with Crippen LogP contribution in [0.3, 0.4) is 0 Å². The lowest BCUT2D eigenvalue weighted by molar-refractivity contribution is -0.197. The van der Waals surface area contributed by atoms with Gasteiger partial charge in [-0.3, -0.25) is 4.72 Å². The van der Waals surface area contributed by atoms with Gasteiger partial charge in [0.05, 0.1) is 20.9 Å². The van der Waals surface area contributed by atoms with E-state index in [0.29, 0.717) is 11.4 Å². The van der Waals surface area contributed by atoms with E-state index >= 15 is 0 Å². The van der Waals surface area contributed by atoms with Crippen LogP contribution >= 0.6 is 11.3 Å². The smallest absolute Gasteiger partial charge is 0.430 e. The first kappa shape index (κ1) is 22.2. The second-order valence-electron chi connectivity index (χ2n) is 6.19. The topological polar surface area (TPSA) is 106 Å². The number of hydrogen-bond acceptors (Lipinski definition) is 7. The molecule has 0 aliphatic carbocycles. The maximum absolute atomic E-state index is 13.7. The molecule has 0 saturated heterocycles. The van der Waals surface area contributed by atoms with Gasteiger partial charge in [0.2, 0.25) is 11.9 Å². The third-order valence-corrected chi connectivity index (χ3v) is 5.74. The second kappa shape index (κ2) is 8.70. The Hall–Kier alpha value is -2.51. The van der Waals surface area contributed by atoms with Crippen molar-refractivity contribution in [2.45, 2.75) is 32.5 Å². The van der Waals surface area contributed by atoms with Crippen molar-refractivity contribution in [3.63, 3.8) is 0 Å². The third-order valence-electron chi connectivity index (χ3n) is 3.74. The van der Waals surface area contributed by atoms with E-state index in [1.54, 1.807) is 32.0 Å². The zero-order chi connectivity index (χ0) is 21.9. The first-order chi connectivity index (χ1) is 14.1. The van der Waals surface area contributed by atoms with E-state index in [0.717, 1.165) is 17.5 Å². The maximum atomic E-state index is 13.7. The fraction of sp³-hybridized carbons (Fsp3) is 0.353. The molecule has 0 aliphatic rings. The van der Waals surface area contributed by atoms with Gasteiger partial charge in [-0.05, 0) is 25.5 Å². The summed E-state index contributed by atoms with van der Waals surface area (Å²) in [6.45, 7) is 3.46. The Labute approximate surface area is 174 Å². The lowest BCUT2D eigenvalue weighted by Gasteiger charge is -2.21. The van der Waals surface area contributed by atoms with Crippen molar-refractivity contribution in [3.05, 3.63) is 40.3 Å². The summed E-state index contributed by atoms with van der Waals surface area (Å²) in [6, 6.07) is 6.35. The largest absolute Gasteiger partial charge is 0.456 e. The van der Waals surface area contributed by atoms with Crippen LogP contribution in [0.1, 0.15) is 29.3 Å². The van der Waals surface area contributed by atoms with Crippen LogP contribution in [0.4, 0.5) is 19.0 Å². The fourth-order valence-corrected chi connectivity index (χ4v) is 4.20. The summed E-state index contributed by atoms with van der Waals surface area (Å²) in [6.07, 6.45) is -5.58. The normalized spacial score (nSPS) is 13.4. The summed E-state index contributed by atoms with van der Waals surface area (Å²) in [4.78, 5) is 11.8. The Morgan fingerprint density at radius 3 is 2.43 bits per heavy atom. The summed E-state index contributed by atoms with van der Waals surface area (Å²) < 4.78 is 75.1. The Kier molecular flexibility index (Phi) is 6.43. The van der Waals surface area contributed by atoms with Crippen LogP contribution in [0.2, 0.25) is 0 Å². The summed E-state index contributed by atoms with van der Waals surface area (Å²) in [5.74, 6) is -1.04. The molecule has 0 fully saturated rings. The van der Waals surface area contributed by atoms with Gasteiger partial charge in [-0.15, -0.1) is 11.3 Å². The predicted octanol–water partition coefficient (Wildman–Crippen LogP) is 3.73. The number of nitrogens with zero attached hydrogens (tertiary/aromatic N) is 3. The van der Waals surface area contributed by atoms with Crippen molar-refractivity contribution in [1.29, 1.82) is 0 Å². The van der Waals surface area contributed by atoms with E-state index in [9.17, 15) is 21.6 Å². The Morgan fingerprint density at radius 2 is 1.87 bits per heavy atom. The van der Waals surface area contributed by atoms with Gasteiger partial charge >= 0.3 is 6.18 Å². The molecular weight excluding hydrogens is 443 g/mol. The molecule has 3 rings (SSSR count). The SMILES string of the molecule is CCCNS(=O)(=O)Nc1nc2ccccc2nc1O[C@H](c1cnc(C)s1)C(F)(F)F. The summed E-state index contributed by atoms with van der Waals surface area (Å²) in [7, 11) is -4.09. The van der Waals surface area contributed by atoms with Crippen LogP contribution in [0.25, 0.3) is 11.0 Å². The molecule has 0 spiro atoms. The molecule has 0 amide bonds. The van der Waals surface area contributed by atoms with Gasteiger partial charge in [0.1, 0.15) is 0 Å². The van der Waals surface area contributed by atoms with Gasteiger partial charge in [-0.1, -0.05) is 19.1 Å². The fourth-order valence-electron chi connectivity index (χ4n) is 2.43. The molecule has 8 nitrogen and oxygen atoms in total. The molecule has 162 valence electrons. The number of fused-ring (bicyclic) bond motifs is 1. The predicted molar refractivity (Wildman–Crippen MR) is 107 cm³/mol. The van der Waals surface area contributed by atoms with E-state index in [-0.39, 0.29) is 22.5 Å². The number of halogens is 3. The maximum Gasteiger partial charge on any atom is 0.430 e. The number of anilines is 1. The number of benzene rings is 1. The molecule has 0 unspecified atom stereocenters. The van der Waals surface area contributed by atoms with Crippen molar-refractivity contribution in [2.75, 3.05) is 11.3 Å². The molecule has 13 heteroatoms. The van der Waals surface area contributed by atoms with Crippen LogP contribution in [0, 0.1) is 6.92 Å².